The van der Waals surface area contributed by atoms with E-state index in [0.717, 1.165) is 17.9 Å². The summed E-state index contributed by atoms with van der Waals surface area (Å²) >= 11 is 0. The summed E-state index contributed by atoms with van der Waals surface area (Å²) < 4.78 is 5.60. The summed E-state index contributed by atoms with van der Waals surface area (Å²) in [6.07, 6.45) is 7.92. The Labute approximate surface area is 98.3 Å². The fourth-order valence-electron chi connectivity index (χ4n) is 1.39. The van der Waals surface area contributed by atoms with Crippen LogP contribution in [-0.2, 0) is 0 Å². The van der Waals surface area contributed by atoms with Gasteiger partial charge in [0.25, 0.3) is 0 Å². The molecule has 0 aliphatic heterocycles. The Morgan fingerprint density at radius 3 is 2.94 bits per heavy atom. The molecule has 1 aromatic carbocycles. The molecular weight excluding hydrogens is 198 g/mol. The molecule has 2 heteroatoms. The number of hydrogen-bond acceptors (Lipinski definition) is 2. The average Bonchev–Trinajstić information content (AvgIpc) is 2.34. The predicted molar refractivity (Wildman–Crippen MR) is 70.1 cm³/mol. The molecule has 0 unspecified atom stereocenters. The summed E-state index contributed by atoms with van der Waals surface area (Å²) in [5, 5.41) is 3.09. The highest BCUT2D eigenvalue weighted by Gasteiger charge is 1.92. The van der Waals surface area contributed by atoms with Gasteiger partial charge in [-0.05, 0) is 18.6 Å². The van der Waals surface area contributed by atoms with Gasteiger partial charge >= 0.3 is 0 Å². The van der Waals surface area contributed by atoms with Crippen LogP contribution in [0.1, 0.15) is 26.2 Å². The van der Waals surface area contributed by atoms with Gasteiger partial charge in [-0.2, -0.15) is 0 Å². The third-order valence-electron chi connectivity index (χ3n) is 2.36. The van der Waals surface area contributed by atoms with Crippen LogP contribution in [0.3, 0.4) is 0 Å². The Balaban J connectivity index is 2.28. The van der Waals surface area contributed by atoms with Gasteiger partial charge in [0.05, 0.1) is 0 Å². The highest BCUT2D eigenvalue weighted by molar-refractivity contribution is 5.47. The third kappa shape index (κ3) is 4.87. The van der Waals surface area contributed by atoms with Crippen molar-refractivity contribution in [1.29, 1.82) is 0 Å². The monoisotopic (exact) mass is 219 g/mol. The van der Waals surface area contributed by atoms with E-state index in [1.165, 1.54) is 12.8 Å². The second kappa shape index (κ2) is 7.80. The normalized spacial score (nSPS) is 10.6. The second-order valence-corrected chi connectivity index (χ2v) is 3.70. The number of allylic oxidation sites excluding steroid dienone is 1. The highest BCUT2D eigenvalue weighted by atomic mass is 16.5. The van der Waals surface area contributed by atoms with Crippen LogP contribution in [0.25, 0.3) is 0 Å². The van der Waals surface area contributed by atoms with E-state index >= 15 is 0 Å². The minimum Gasteiger partial charge on any atom is -0.489 e. The first-order valence-corrected chi connectivity index (χ1v) is 5.92. The molecule has 1 rings (SSSR count). The zero-order valence-corrected chi connectivity index (χ0v) is 10.2. The molecule has 0 fully saturated rings. The van der Waals surface area contributed by atoms with E-state index in [1.807, 2.05) is 31.3 Å². The van der Waals surface area contributed by atoms with Crippen molar-refractivity contribution in [2.24, 2.45) is 0 Å². The Bertz CT molecular complexity index is 320. The lowest BCUT2D eigenvalue weighted by Crippen LogP contribution is -1.94. The lowest BCUT2D eigenvalue weighted by Gasteiger charge is -2.05. The maximum Gasteiger partial charge on any atom is 0.121 e. The largest absolute Gasteiger partial charge is 0.489 e. The number of unbranched alkanes of at least 4 members (excludes halogenated alkanes) is 2. The maximum absolute atomic E-state index is 5.60. The van der Waals surface area contributed by atoms with Crippen molar-refractivity contribution in [1.82, 2.24) is 0 Å². The van der Waals surface area contributed by atoms with E-state index in [4.69, 9.17) is 4.74 Å². The highest BCUT2D eigenvalue weighted by Crippen LogP contribution is 2.16. The van der Waals surface area contributed by atoms with Gasteiger partial charge in [0, 0.05) is 18.8 Å². The van der Waals surface area contributed by atoms with E-state index in [9.17, 15) is 0 Å². The van der Waals surface area contributed by atoms with E-state index < -0.39 is 0 Å². The molecule has 0 bridgehead atoms. The van der Waals surface area contributed by atoms with Gasteiger partial charge in [-0.1, -0.05) is 38.0 Å². The van der Waals surface area contributed by atoms with Crippen LogP contribution in [0, 0.1) is 0 Å². The van der Waals surface area contributed by atoms with Crippen LogP contribution in [-0.4, -0.2) is 13.7 Å². The number of anilines is 1. The van der Waals surface area contributed by atoms with Crippen LogP contribution in [0.4, 0.5) is 5.69 Å². The van der Waals surface area contributed by atoms with Crippen LogP contribution < -0.4 is 10.1 Å². The van der Waals surface area contributed by atoms with Gasteiger partial charge in [0.15, 0.2) is 0 Å². The fourth-order valence-corrected chi connectivity index (χ4v) is 1.39. The van der Waals surface area contributed by atoms with E-state index in [0.29, 0.717) is 6.61 Å². The van der Waals surface area contributed by atoms with E-state index in [2.05, 4.69) is 24.4 Å². The van der Waals surface area contributed by atoms with Gasteiger partial charge < -0.3 is 10.1 Å². The smallest absolute Gasteiger partial charge is 0.121 e. The van der Waals surface area contributed by atoms with Gasteiger partial charge in [-0.25, -0.2) is 0 Å². The summed E-state index contributed by atoms with van der Waals surface area (Å²) in [7, 11) is 1.91. The molecule has 0 saturated carbocycles. The summed E-state index contributed by atoms with van der Waals surface area (Å²) in [6, 6.07) is 7.98. The molecule has 88 valence electrons. The van der Waals surface area contributed by atoms with Crippen molar-refractivity contribution < 1.29 is 4.74 Å². The quantitative estimate of drug-likeness (QED) is 0.555. The first-order chi connectivity index (χ1) is 7.86. The predicted octanol–water partition coefficient (Wildman–Crippen LogP) is 3.85. The Morgan fingerprint density at radius 2 is 2.19 bits per heavy atom. The van der Waals surface area contributed by atoms with Gasteiger partial charge in [0.1, 0.15) is 12.4 Å². The second-order valence-electron chi connectivity index (χ2n) is 3.70. The molecule has 2 nitrogen and oxygen atoms in total. The molecule has 0 heterocycles. The molecule has 0 aromatic heterocycles. The molecule has 16 heavy (non-hydrogen) atoms. The first-order valence-electron chi connectivity index (χ1n) is 5.92. The number of rotatable bonds is 7. The summed E-state index contributed by atoms with van der Waals surface area (Å²) in [5.74, 6) is 0.909. The van der Waals surface area contributed by atoms with Gasteiger partial charge in [-0.15, -0.1) is 0 Å². The van der Waals surface area contributed by atoms with Crippen LogP contribution >= 0.6 is 0 Å². The zero-order chi connectivity index (χ0) is 11.6. The molecule has 0 radical (unpaired) electrons. The standard InChI is InChI=1S/C14H21NO/c1-3-4-5-6-7-11-16-14-10-8-9-13(12-14)15-2/h6-10,12,15H,3-5,11H2,1-2H3/b7-6+. The summed E-state index contributed by atoms with van der Waals surface area (Å²) in [6.45, 7) is 2.85. The Kier molecular flexibility index (Phi) is 6.16. The first kappa shape index (κ1) is 12.6. The van der Waals surface area contributed by atoms with Crippen LogP contribution in [0.5, 0.6) is 5.75 Å². The number of hydrogen-bond donors (Lipinski definition) is 1. The topological polar surface area (TPSA) is 21.3 Å². The summed E-state index contributed by atoms with van der Waals surface area (Å²) in [5.41, 5.74) is 1.08. The van der Waals surface area contributed by atoms with Gasteiger partial charge in [0.2, 0.25) is 0 Å². The lowest BCUT2D eigenvalue weighted by atomic mass is 10.2. The lowest BCUT2D eigenvalue weighted by molar-refractivity contribution is 0.362. The summed E-state index contributed by atoms with van der Waals surface area (Å²) in [4.78, 5) is 0. The average molecular weight is 219 g/mol. The van der Waals surface area contributed by atoms with E-state index in [-0.39, 0.29) is 0 Å². The molecule has 0 aliphatic carbocycles. The minimum atomic E-state index is 0.650. The molecule has 1 N–H and O–H groups in total. The SMILES string of the molecule is CCCC/C=C/COc1cccc(NC)c1. The minimum absolute atomic E-state index is 0.650. The zero-order valence-electron chi connectivity index (χ0n) is 10.2. The maximum atomic E-state index is 5.60. The number of benzene rings is 1. The Morgan fingerprint density at radius 1 is 1.31 bits per heavy atom. The Hall–Kier alpha value is -1.44. The molecule has 1 aromatic rings. The van der Waals surface area contributed by atoms with Crippen molar-refractivity contribution in [3.8, 4) is 5.75 Å². The van der Waals surface area contributed by atoms with Crippen molar-refractivity contribution in [2.45, 2.75) is 26.2 Å². The molecule has 0 atom stereocenters. The molecule has 0 aliphatic rings. The number of nitrogens with one attached hydrogen (secondary N) is 1. The van der Waals surface area contributed by atoms with Crippen molar-refractivity contribution in [3.05, 3.63) is 36.4 Å². The van der Waals surface area contributed by atoms with Crippen molar-refractivity contribution in [2.75, 3.05) is 19.0 Å². The van der Waals surface area contributed by atoms with Crippen molar-refractivity contribution in [3.63, 3.8) is 0 Å². The van der Waals surface area contributed by atoms with Crippen LogP contribution in [0.2, 0.25) is 0 Å². The molecule has 0 spiro atoms. The van der Waals surface area contributed by atoms with Crippen molar-refractivity contribution >= 4 is 5.69 Å². The van der Waals surface area contributed by atoms with Crippen LogP contribution in [0.15, 0.2) is 36.4 Å². The van der Waals surface area contributed by atoms with Gasteiger partial charge in [-0.3, -0.25) is 0 Å². The molecule has 0 saturated heterocycles. The number of ether oxygens (including phenoxy) is 1. The third-order valence-corrected chi connectivity index (χ3v) is 2.36. The molecule has 0 amide bonds. The molecular formula is C14H21NO. The fraction of sp³-hybridized carbons (Fsp3) is 0.429. The van der Waals surface area contributed by atoms with E-state index in [1.54, 1.807) is 0 Å².